The number of hydroxylamine groups is 1. The Morgan fingerprint density at radius 3 is 2.33 bits per heavy atom. The molecule has 0 bridgehead atoms. The lowest BCUT2D eigenvalue weighted by atomic mass is 10.1. The Labute approximate surface area is 109 Å². The molecule has 1 N–H and O–H groups in total. The minimum absolute atomic E-state index is 0.202. The SMILES string of the molecule is CCCCc1ccc(C(=O)NOC(C)(C)C)cc1. The molecule has 0 heterocycles. The average molecular weight is 249 g/mol. The second-order valence-corrected chi connectivity index (χ2v) is 5.45. The van der Waals surface area contributed by atoms with Crippen LogP contribution < -0.4 is 5.48 Å². The Bertz CT molecular complexity index is 376. The Morgan fingerprint density at radius 2 is 1.83 bits per heavy atom. The Kier molecular flexibility index (Phi) is 5.35. The predicted octanol–water partition coefficient (Wildman–Crippen LogP) is 3.49. The van der Waals surface area contributed by atoms with Gasteiger partial charge in [-0.3, -0.25) is 9.63 Å². The zero-order valence-corrected chi connectivity index (χ0v) is 11.7. The average Bonchev–Trinajstić information content (AvgIpc) is 2.33. The molecule has 100 valence electrons. The molecule has 0 aromatic heterocycles. The van der Waals surface area contributed by atoms with Gasteiger partial charge in [0.05, 0.1) is 5.60 Å². The third-order valence-corrected chi connectivity index (χ3v) is 2.49. The summed E-state index contributed by atoms with van der Waals surface area (Å²) in [5.74, 6) is -0.202. The number of aryl methyl sites for hydroxylation is 1. The van der Waals surface area contributed by atoms with E-state index in [-0.39, 0.29) is 11.5 Å². The van der Waals surface area contributed by atoms with Crippen molar-refractivity contribution in [1.29, 1.82) is 0 Å². The van der Waals surface area contributed by atoms with Gasteiger partial charge in [0.2, 0.25) is 0 Å². The van der Waals surface area contributed by atoms with Gasteiger partial charge in [-0.25, -0.2) is 5.48 Å². The van der Waals surface area contributed by atoms with Gasteiger partial charge in [0.25, 0.3) is 5.91 Å². The van der Waals surface area contributed by atoms with Gasteiger partial charge in [-0.2, -0.15) is 0 Å². The molecule has 3 nitrogen and oxygen atoms in total. The van der Waals surface area contributed by atoms with Crippen molar-refractivity contribution in [1.82, 2.24) is 5.48 Å². The third kappa shape index (κ3) is 5.32. The molecule has 1 amide bonds. The van der Waals surface area contributed by atoms with E-state index in [1.807, 2.05) is 45.0 Å². The number of benzene rings is 1. The maximum atomic E-state index is 11.8. The highest BCUT2D eigenvalue weighted by atomic mass is 16.7. The fourth-order valence-electron chi connectivity index (χ4n) is 1.46. The fraction of sp³-hybridized carbons (Fsp3) is 0.533. The zero-order chi connectivity index (χ0) is 13.6. The van der Waals surface area contributed by atoms with Gasteiger partial charge in [-0.1, -0.05) is 25.5 Å². The molecule has 1 rings (SSSR count). The minimum atomic E-state index is -0.378. The van der Waals surface area contributed by atoms with Crippen molar-refractivity contribution in [2.45, 2.75) is 52.6 Å². The molecule has 0 saturated heterocycles. The zero-order valence-electron chi connectivity index (χ0n) is 11.7. The number of carbonyl (C=O) groups is 1. The van der Waals surface area contributed by atoms with Crippen LogP contribution in [0.25, 0.3) is 0 Å². The summed E-state index contributed by atoms with van der Waals surface area (Å²) in [6.07, 6.45) is 3.43. The molecule has 3 heteroatoms. The van der Waals surface area contributed by atoms with Gasteiger partial charge in [0.1, 0.15) is 0 Å². The van der Waals surface area contributed by atoms with Crippen LogP contribution in [0.1, 0.15) is 56.5 Å². The van der Waals surface area contributed by atoms with Crippen LogP contribution >= 0.6 is 0 Å². The maximum Gasteiger partial charge on any atom is 0.274 e. The number of amides is 1. The van der Waals surface area contributed by atoms with Crippen molar-refractivity contribution < 1.29 is 9.63 Å². The molecule has 18 heavy (non-hydrogen) atoms. The summed E-state index contributed by atoms with van der Waals surface area (Å²) in [7, 11) is 0. The Balaban J connectivity index is 2.54. The molecular formula is C15H23NO2. The summed E-state index contributed by atoms with van der Waals surface area (Å²) >= 11 is 0. The van der Waals surface area contributed by atoms with E-state index in [0.29, 0.717) is 5.56 Å². The fourth-order valence-corrected chi connectivity index (χ4v) is 1.46. The summed E-state index contributed by atoms with van der Waals surface area (Å²) in [4.78, 5) is 17.0. The molecule has 0 aliphatic rings. The van der Waals surface area contributed by atoms with E-state index >= 15 is 0 Å². The van der Waals surface area contributed by atoms with Gasteiger partial charge in [0.15, 0.2) is 0 Å². The van der Waals surface area contributed by atoms with Crippen LogP contribution in [0.2, 0.25) is 0 Å². The lowest BCUT2D eigenvalue weighted by molar-refractivity contribution is -0.0589. The second kappa shape index (κ2) is 6.55. The van der Waals surface area contributed by atoms with E-state index in [9.17, 15) is 4.79 Å². The molecule has 0 spiro atoms. The van der Waals surface area contributed by atoms with Crippen LogP contribution in [-0.4, -0.2) is 11.5 Å². The first-order chi connectivity index (χ1) is 8.42. The van der Waals surface area contributed by atoms with E-state index in [4.69, 9.17) is 4.84 Å². The highest BCUT2D eigenvalue weighted by Crippen LogP contribution is 2.09. The van der Waals surface area contributed by atoms with E-state index < -0.39 is 0 Å². The van der Waals surface area contributed by atoms with Gasteiger partial charge < -0.3 is 0 Å². The Morgan fingerprint density at radius 1 is 1.22 bits per heavy atom. The van der Waals surface area contributed by atoms with Crippen LogP contribution in [0.15, 0.2) is 24.3 Å². The smallest absolute Gasteiger partial charge is 0.268 e. The minimum Gasteiger partial charge on any atom is -0.268 e. The van der Waals surface area contributed by atoms with Crippen molar-refractivity contribution >= 4 is 5.91 Å². The summed E-state index contributed by atoms with van der Waals surface area (Å²) < 4.78 is 0. The lowest BCUT2D eigenvalue weighted by Gasteiger charge is -2.18. The second-order valence-electron chi connectivity index (χ2n) is 5.45. The third-order valence-electron chi connectivity index (χ3n) is 2.49. The molecule has 0 fully saturated rings. The number of unbranched alkanes of at least 4 members (excludes halogenated alkanes) is 1. The van der Waals surface area contributed by atoms with Crippen molar-refractivity contribution in [3.8, 4) is 0 Å². The topological polar surface area (TPSA) is 38.3 Å². The lowest BCUT2D eigenvalue weighted by Crippen LogP contribution is -2.33. The highest BCUT2D eigenvalue weighted by molar-refractivity contribution is 5.93. The van der Waals surface area contributed by atoms with E-state index in [1.165, 1.54) is 18.4 Å². The molecule has 0 aliphatic heterocycles. The normalized spacial score (nSPS) is 11.3. The van der Waals surface area contributed by atoms with E-state index in [2.05, 4.69) is 12.4 Å². The molecular weight excluding hydrogens is 226 g/mol. The van der Waals surface area contributed by atoms with Crippen LogP contribution in [-0.2, 0) is 11.3 Å². The summed E-state index contributed by atoms with van der Waals surface area (Å²) in [5, 5.41) is 0. The molecule has 0 radical (unpaired) electrons. The first kappa shape index (κ1) is 14.7. The summed E-state index contributed by atoms with van der Waals surface area (Å²) in [6, 6.07) is 7.68. The number of hydrogen-bond donors (Lipinski definition) is 1. The number of rotatable bonds is 5. The van der Waals surface area contributed by atoms with Crippen molar-refractivity contribution in [2.75, 3.05) is 0 Å². The molecule has 0 aliphatic carbocycles. The standard InChI is InChI=1S/C15H23NO2/c1-5-6-7-12-8-10-13(11-9-12)14(17)16-18-15(2,3)4/h8-11H,5-7H2,1-4H3,(H,16,17). The van der Waals surface area contributed by atoms with Gasteiger partial charge in [0, 0.05) is 5.56 Å². The Hall–Kier alpha value is -1.35. The number of hydrogen-bond acceptors (Lipinski definition) is 2. The van der Waals surface area contributed by atoms with Crippen molar-refractivity contribution in [2.24, 2.45) is 0 Å². The van der Waals surface area contributed by atoms with Crippen LogP contribution in [0.3, 0.4) is 0 Å². The van der Waals surface area contributed by atoms with Gasteiger partial charge in [-0.15, -0.1) is 0 Å². The van der Waals surface area contributed by atoms with Crippen LogP contribution in [0.5, 0.6) is 0 Å². The maximum absolute atomic E-state index is 11.8. The first-order valence-electron chi connectivity index (χ1n) is 6.49. The summed E-state index contributed by atoms with van der Waals surface area (Å²) in [6.45, 7) is 7.84. The van der Waals surface area contributed by atoms with Crippen LogP contribution in [0.4, 0.5) is 0 Å². The molecule has 1 aromatic rings. The largest absolute Gasteiger partial charge is 0.274 e. The van der Waals surface area contributed by atoms with Crippen molar-refractivity contribution in [3.63, 3.8) is 0 Å². The molecule has 0 atom stereocenters. The van der Waals surface area contributed by atoms with Gasteiger partial charge in [-0.05, 0) is 51.3 Å². The first-order valence-corrected chi connectivity index (χ1v) is 6.49. The molecule has 0 saturated carbocycles. The number of carbonyl (C=O) groups excluding carboxylic acids is 1. The van der Waals surface area contributed by atoms with E-state index in [1.54, 1.807) is 0 Å². The van der Waals surface area contributed by atoms with E-state index in [0.717, 1.165) is 6.42 Å². The predicted molar refractivity (Wildman–Crippen MR) is 73.4 cm³/mol. The quantitative estimate of drug-likeness (QED) is 0.811. The molecule has 1 aromatic carbocycles. The highest BCUT2D eigenvalue weighted by Gasteiger charge is 2.13. The van der Waals surface area contributed by atoms with Crippen LogP contribution in [0, 0.1) is 0 Å². The van der Waals surface area contributed by atoms with Gasteiger partial charge >= 0.3 is 0 Å². The monoisotopic (exact) mass is 249 g/mol. The van der Waals surface area contributed by atoms with Crippen molar-refractivity contribution in [3.05, 3.63) is 35.4 Å². The summed E-state index contributed by atoms with van der Waals surface area (Å²) in [5.41, 5.74) is 3.98. The number of nitrogens with one attached hydrogen (secondary N) is 1. The molecule has 0 unspecified atom stereocenters.